The summed E-state index contributed by atoms with van der Waals surface area (Å²) in [5.41, 5.74) is 0. The third kappa shape index (κ3) is 7.01. The molecule has 5 nitrogen and oxygen atoms in total. The van der Waals surface area contributed by atoms with E-state index in [2.05, 4.69) is 28.1 Å². The fourth-order valence-electron chi connectivity index (χ4n) is 0.326. The quantitative estimate of drug-likeness (QED) is 0.818. The Bertz CT molecular complexity index is 416. The molecule has 0 amide bonds. The predicted octanol–water partition coefficient (Wildman–Crippen LogP) is 1.87. The van der Waals surface area contributed by atoms with Crippen LogP contribution in [-0.2, 0) is 9.84 Å². The molecule has 0 unspecified atom stereocenters. The minimum absolute atomic E-state index is 0.116. The van der Waals surface area contributed by atoms with Crippen LogP contribution in [0.1, 0.15) is 0 Å². The van der Waals surface area contributed by atoms with E-state index >= 15 is 0 Å². The molecule has 1 heterocycles. The molecule has 1 rings (SSSR count). The van der Waals surface area contributed by atoms with Gasteiger partial charge in [0.15, 0.2) is 9.84 Å². The van der Waals surface area contributed by atoms with E-state index in [-0.39, 0.29) is 10.6 Å². The van der Waals surface area contributed by atoms with Gasteiger partial charge in [0.2, 0.25) is 10.6 Å². The second-order valence-electron chi connectivity index (χ2n) is 1.95. The average molecular weight is 268 g/mol. The molecule has 0 aliphatic rings. The van der Waals surface area contributed by atoms with Gasteiger partial charge in [0.05, 0.1) is 0 Å². The molecule has 0 spiro atoms. The lowest BCUT2D eigenvalue weighted by molar-refractivity contribution is 0.613. The van der Waals surface area contributed by atoms with Crippen molar-refractivity contribution in [1.29, 1.82) is 0 Å². The van der Waals surface area contributed by atoms with Gasteiger partial charge in [0, 0.05) is 10.8 Å². The van der Waals surface area contributed by atoms with Crippen molar-refractivity contribution in [3.05, 3.63) is 40.9 Å². The maximum atomic E-state index is 10.1. The highest BCUT2D eigenvalue weighted by Crippen LogP contribution is 2.00. The molecular formula is C7H7Cl2N3O2S. The summed E-state index contributed by atoms with van der Waals surface area (Å²) in [7, 11) is -3.13. The zero-order valence-corrected chi connectivity index (χ0v) is 9.80. The summed E-state index contributed by atoms with van der Waals surface area (Å²) < 4.78 is 20.3. The molecule has 0 aromatic carbocycles. The summed E-state index contributed by atoms with van der Waals surface area (Å²) in [6, 6.07) is 0. The van der Waals surface area contributed by atoms with Crippen LogP contribution in [0, 0.1) is 0 Å². The molecule has 15 heavy (non-hydrogen) atoms. The number of hydrogen-bond donors (Lipinski definition) is 0. The van der Waals surface area contributed by atoms with Crippen LogP contribution in [0.15, 0.2) is 30.3 Å². The van der Waals surface area contributed by atoms with Crippen LogP contribution in [0.3, 0.4) is 0 Å². The van der Waals surface area contributed by atoms with E-state index in [1.54, 1.807) is 0 Å². The van der Waals surface area contributed by atoms with Crippen molar-refractivity contribution in [3.63, 3.8) is 0 Å². The van der Waals surface area contributed by atoms with Crippen LogP contribution in [0.4, 0.5) is 0 Å². The van der Waals surface area contributed by atoms with Crippen molar-refractivity contribution in [2.75, 3.05) is 0 Å². The Morgan fingerprint density at radius 3 is 1.67 bits per heavy atom. The molecule has 0 saturated carbocycles. The first-order chi connectivity index (χ1) is 6.91. The standard InChI is InChI=1S/C4H6O2S.C3HCl2N3/c1-3-7(5,6)4-2;4-2-6-1-7-3(5)8-2/h3-4H,1-2H2;1H. The second kappa shape index (κ2) is 6.49. The number of halogens is 2. The van der Waals surface area contributed by atoms with Crippen molar-refractivity contribution < 1.29 is 8.42 Å². The highest BCUT2D eigenvalue weighted by Gasteiger charge is 1.90. The zero-order chi connectivity index (χ0) is 11.9. The smallest absolute Gasteiger partial charge is 0.220 e. The number of sulfone groups is 1. The Hall–Kier alpha value is -0.980. The molecular weight excluding hydrogens is 261 g/mol. The number of hydrogen-bond acceptors (Lipinski definition) is 5. The van der Waals surface area contributed by atoms with Gasteiger partial charge in [-0.1, -0.05) is 13.2 Å². The van der Waals surface area contributed by atoms with Gasteiger partial charge in [-0.15, -0.1) is 0 Å². The Morgan fingerprint density at radius 1 is 1.13 bits per heavy atom. The summed E-state index contributed by atoms with van der Waals surface area (Å²) in [5.74, 6) is 0. The molecule has 8 heteroatoms. The summed E-state index contributed by atoms with van der Waals surface area (Å²) in [6.45, 7) is 6.09. The molecule has 1 aromatic heterocycles. The molecule has 0 atom stereocenters. The normalized spacial score (nSPS) is 9.73. The largest absolute Gasteiger partial charge is 0.226 e. The van der Waals surface area contributed by atoms with Crippen LogP contribution >= 0.6 is 23.2 Å². The fourth-order valence-corrected chi connectivity index (χ4v) is 0.753. The third-order valence-corrected chi connectivity index (χ3v) is 2.27. The van der Waals surface area contributed by atoms with E-state index in [1.165, 1.54) is 6.33 Å². The van der Waals surface area contributed by atoms with E-state index in [0.29, 0.717) is 0 Å². The Labute approximate surface area is 97.4 Å². The van der Waals surface area contributed by atoms with E-state index in [4.69, 9.17) is 23.2 Å². The molecule has 0 radical (unpaired) electrons. The summed E-state index contributed by atoms with van der Waals surface area (Å²) in [6.07, 6.45) is 1.25. The van der Waals surface area contributed by atoms with Gasteiger partial charge >= 0.3 is 0 Å². The monoisotopic (exact) mass is 267 g/mol. The lowest BCUT2D eigenvalue weighted by Crippen LogP contribution is -1.83. The number of nitrogens with zero attached hydrogens (tertiary/aromatic N) is 3. The second-order valence-corrected chi connectivity index (χ2v) is 4.47. The molecule has 1 aromatic rings. The van der Waals surface area contributed by atoms with Crippen molar-refractivity contribution in [1.82, 2.24) is 15.0 Å². The first-order valence-electron chi connectivity index (χ1n) is 3.41. The maximum Gasteiger partial charge on any atom is 0.226 e. The molecule has 0 saturated heterocycles. The molecule has 0 N–H and O–H groups in total. The van der Waals surface area contributed by atoms with Gasteiger partial charge in [0.25, 0.3) is 0 Å². The zero-order valence-electron chi connectivity index (χ0n) is 7.47. The third-order valence-electron chi connectivity index (χ3n) is 0.978. The van der Waals surface area contributed by atoms with E-state index < -0.39 is 9.84 Å². The number of aromatic nitrogens is 3. The SMILES string of the molecule is C=CS(=O)(=O)C=C.Clc1ncnc(Cl)n1. The Morgan fingerprint density at radius 2 is 1.53 bits per heavy atom. The van der Waals surface area contributed by atoms with Gasteiger partial charge in [-0.2, -0.15) is 4.98 Å². The molecule has 0 bridgehead atoms. The van der Waals surface area contributed by atoms with Crippen LogP contribution in [0.25, 0.3) is 0 Å². The van der Waals surface area contributed by atoms with Gasteiger partial charge in [-0.25, -0.2) is 18.4 Å². The summed E-state index contributed by atoms with van der Waals surface area (Å²) in [4.78, 5) is 10.5. The van der Waals surface area contributed by atoms with Gasteiger partial charge in [-0.3, -0.25) is 0 Å². The lowest BCUT2D eigenvalue weighted by Gasteiger charge is -1.84. The van der Waals surface area contributed by atoms with E-state index in [9.17, 15) is 8.42 Å². The van der Waals surface area contributed by atoms with Gasteiger partial charge in [-0.05, 0) is 23.2 Å². The average Bonchev–Trinajstić information content (AvgIpc) is 2.18. The van der Waals surface area contributed by atoms with Crippen LogP contribution in [-0.4, -0.2) is 23.4 Å². The number of rotatable bonds is 2. The van der Waals surface area contributed by atoms with Crippen molar-refractivity contribution in [2.45, 2.75) is 0 Å². The first kappa shape index (κ1) is 14.0. The van der Waals surface area contributed by atoms with E-state index in [1.807, 2.05) is 0 Å². The molecule has 0 fully saturated rings. The van der Waals surface area contributed by atoms with Crippen molar-refractivity contribution in [2.24, 2.45) is 0 Å². The van der Waals surface area contributed by atoms with Gasteiger partial charge < -0.3 is 0 Å². The topological polar surface area (TPSA) is 72.8 Å². The lowest BCUT2D eigenvalue weighted by atomic mass is 11.1. The van der Waals surface area contributed by atoms with Gasteiger partial charge in [0.1, 0.15) is 6.33 Å². The first-order valence-corrected chi connectivity index (χ1v) is 5.78. The van der Waals surface area contributed by atoms with E-state index in [0.717, 1.165) is 10.8 Å². The highest BCUT2D eigenvalue weighted by molar-refractivity contribution is 7.97. The fraction of sp³-hybridized carbons (Fsp3) is 0. The van der Waals surface area contributed by atoms with Crippen molar-refractivity contribution in [3.8, 4) is 0 Å². The highest BCUT2D eigenvalue weighted by atomic mass is 35.5. The minimum Gasteiger partial charge on any atom is -0.220 e. The summed E-state index contributed by atoms with van der Waals surface area (Å²) in [5, 5.41) is 1.93. The minimum atomic E-state index is -3.13. The molecule has 82 valence electrons. The van der Waals surface area contributed by atoms with Crippen molar-refractivity contribution >= 4 is 33.0 Å². The molecule has 0 aliphatic carbocycles. The summed E-state index contributed by atoms with van der Waals surface area (Å²) >= 11 is 10.6. The Kier molecular flexibility index (Phi) is 6.07. The van der Waals surface area contributed by atoms with Crippen LogP contribution in [0.5, 0.6) is 0 Å². The van der Waals surface area contributed by atoms with Crippen LogP contribution in [0.2, 0.25) is 10.6 Å². The maximum absolute atomic E-state index is 10.1. The predicted molar refractivity (Wildman–Crippen MR) is 59.2 cm³/mol. The van der Waals surface area contributed by atoms with Crippen LogP contribution < -0.4 is 0 Å². The Balaban J connectivity index is 0.000000265. The molecule has 0 aliphatic heterocycles.